The summed E-state index contributed by atoms with van der Waals surface area (Å²) in [5.41, 5.74) is 3.78. The van der Waals surface area contributed by atoms with E-state index in [0.717, 1.165) is 77.8 Å². The number of ether oxygens (including phenoxy) is 20. The van der Waals surface area contributed by atoms with Gasteiger partial charge in [0.05, 0.1) is 79.0 Å². The Morgan fingerprint density at radius 2 is 0.873 bits per heavy atom. The van der Waals surface area contributed by atoms with E-state index in [1.165, 1.54) is 14.0 Å². The standard InChI is InChI=1S/C86H103N3O29/c1-50-73(104-44-61-31-21-14-22-32-61)80(105-45-62-33-23-15-24-34-62)81(106-46-63-35-25-16-26-36-63)84(107-50)116-77-71(88-52(3)91)82(112-65-39-37-64(99-10)38-40-65)113-67(47-101-42-59-27-17-12-18-28-59)74(77)115-83-72(89-53(4)92)79(75(110-57(8)96)68(114-83)48-102-43-60-29-19-13-20-30-60)118-86(85(98)100-11)41-66(108-55(6)94)70(87-51(2)90)78(117-86)76(111-58(9)97)69(109-56(7)95)49-103-54(5)93/h12-40,50,66-84H,41-49H2,1-11H3,(H,87,90)(H,88,91)(H,89,92)/t50-,66-,67+,68+,69+,70+,71+,72+,73+,74+,75-,76+,77+,78+,79+,80+,81-,82+,83-,84-,86-/m0/s1. The molecule has 3 N–H and O–H groups in total. The van der Waals surface area contributed by atoms with Crippen molar-refractivity contribution in [1.82, 2.24) is 16.0 Å². The van der Waals surface area contributed by atoms with Crippen LogP contribution in [-0.4, -0.2) is 216 Å². The van der Waals surface area contributed by atoms with Gasteiger partial charge < -0.3 is 111 Å². The quantitative estimate of drug-likeness (QED) is 0.0257. The molecule has 6 aromatic rings. The van der Waals surface area contributed by atoms with Crippen molar-refractivity contribution in [1.29, 1.82) is 0 Å². The monoisotopic (exact) mass is 1640 g/mol. The highest BCUT2D eigenvalue weighted by atomic mass is 16.8. The molecular formula is C86H103N3O29. The topological polar surface area (TPSA) is 374 Å². The molecule has 6 aromatic carbocycles. The van der Waals surface area contributed by atoms with Crippen molar-refractivity contribution in [2.45, 2.75) is 230 Å². The number of amides is 3. The van der Waals surface area contributed by atoms with Crippen molar-refractivity contribution in [3.63, 3.8) is 0 Å². The first-order valence-corrected chi connectivity index (χ1v) is 38.6. The molecule has 21 atom stereocenters. The van der Waals surface area contributed by atoms with Crippen molar-refractivity contribution in [2.75, 3.05) is 34.0 Å². The van der Waals surface area contributed by atoms with Gasteiger partial charge in [-0.1, -0.05) is 152 Å². The van der Waals surface area contributed by atoms with E-state index >= 15 is 4.79 Å². The zero-order valence-corrected chi connectivity index (χ0v) is 67.5. The maximum Gasteiger partial charge on any atom is 0.366 e. The first kappa shape index (κ1) is 90.0. The highest BCUT2D eigenvalue weighted by Gasteiger charge is 2.64. The third kappa shape index (κ3) is 25.6. The number of methoxy groups -OCH3 is 2. The highest BCUT2D eigenvalue weighted by molar-refractivity contribution is 5.79. The molecule has 0 unspecified atom stereocenters. The van der Waals surface area contributed by atoms with Crippen LogP contribution in [0.1, 0.15) is 96.6 Å². The minimum atomic E-state index is -3.10. The third-order valence-electron chi connectivity index (χ3n) is 19.4. The van der Waals surface area contributed by atoms with Crippen molar-refractivity contribution in [3.05, 3.63) is 204 Å². The molecule has 4 fully saturated rings. The maximum atomic E-state index is 15.6. The first-order chi connectivity index (χ1) is 56.8. The molecule has 4 aliphatic rings. The summed E-state index contributed by atoms with van der Waals surface area (Å²) in [5, 5.41) is 8.54. The smallest absolute Gasteiger partial charge is 0.366 e. The van der Waals surface area contributed by atoms with Gasteiger partial charge in [-0.2, -0.15) is 0 Å². The molecule has 0 aromatic heterocycles. The minimum Gasteiger partial charge on any atom is -0.497 e. The van der Waals surface area contributed by atoms with E-state index in [4.69, 9.17) is 94.7 Å². The molecule has 4 saturated heterocycles. The Morgan fingerprint density at radius 3 is 1.34 bits per heavy atom. The Balaban J connectivity index is 1.19. The van der Waals surface area contributed by atoms with Crippen LogP contribution >= 0.6 is 0 Å². The van der Waals surface area contributed by atoms with Crippen LogP contribution in [0.15, 0.2) is 176 Å². The Kier molecular flexibility index (Phi) is 33.5. The molecule has 32 heteroatoms. The van der Waals surface area contributed by atoms with E-state index in [2.05, 4.69) is 16.0 Å². The van der Waals surface area contributed by atoms with E-state index < -0.39 is 208 Å². The van der Waals surface area contributed by atoms with Gasteiger partial charge in [-0.15, -0.1) is 0 Å². The average molecular weight is 1640 g/mol. The number of carbonyl (C=O) groups is 9. The van der Waals surface area contributed by atoms with Crippen LogP contribution < -0.4 is 25.4 Å². The summed E-state index contributed by atoms with van der Waals surface area (Å²) < 4.78 is 132. The summed E-state index contributed by atoms with van der Waals surface area (Å²) in [6, 6.07) is 47.8. The molecule has 0 radical (unpaired) electrons. The van der Waals surface area contributed by atoms with Gasteiger partial charge in [0, 0.05) is 55.4 Å². The predicted octanol–water partition coefficient (Wildman–Crippen LogP) is 7.08. The fourth-order valence-electron chi connectivity index (χ4n) is 14.4. The first-order valence-electron chi connectivity index (χ1n) is 38.6. The molecule has 3 amide bonds. The second-order valence-electron chi connectivity index (χ2n) is 28.6. The molecule has 0 bridgehead atoms. The summed E-state index contributed by atoms with van der Waals surface area (Å²) in [4.78, 5) is 125. The largest absolute Gasteiger partial charge is 0.497 e. The van der Waals surface area contributed by atoms with Gasteiger partial charge in [0.1, 0.15) is 91.2 Å². The van der Waals surface area contributed by atoms with E-state index in [9.17, 15) is 38.4 Å². The van der Waals surface area contributed by atoms with E-state index in [1.54, 1.807) is 61.5 Å². The summed E-state index contributed by atoms with van der Waals surface area (Å²) in [6.07, 6.45) is -28.4. The van der Waals surface area contributed by atoms with Gasteiger partial charge in [-0.25, -0.2) is 4.79 Å². The average Bonchev–Trinajstić information content (AvgIpc) is 0.744. The van der Waals surface area contributed by atoms with E-state index in [1.807, 2.05) is 121 Å². The fourth-order valence-corrected chi connectivity index (χ4v) is 14.4. The van der Waals surface area contributed by atoms with E-state index in [0.29, 0.717) is 11.3 Å². The summed E-state index contributed by atoms with van der Waals surface area (Å²) in [7, 11) is 2.44. The van der Waals surface area contributed by atoms with Crippen LogP contribution in [0.4, 0.5) is 0 Å². The molecule has 32 nitrogen and oxygen atoms in total. The van der Waals surface area contributed by atoms with Crippen LogP contribution in [0.25, 0.3) is 0 Å². The zero-order valence-electron chi connectivity index (χ0n) is 67.5. The zero-order chi connectivity index (χ0) is 84.4. The van der Waals surface area contributed by atoms with Crippen molar-refractivity contribution < 1.29 is 138 Å². The lowest BCUT2D eigenvalue weighted by Gasteiger charge is -2.53. The second-order valence-corrected chi connectivity index (χ2v) is 28.6. The van der Waals surface area contributed by atoms with Gasteiger partial charge in [-0.05, 0) is 59.0 Å². The molecule has 0 spiro atoms. The number of esters is 6. The Morgan fingerprint density at radius 1 is 0.432 bits per heavy atom. The van der Waals surface area contributed by atoms with Gasteiger partial charge in [0.2, 0.25) is 24.0 Å². The van der Waals surface area contributed by atoms with Crippen molar-refractivity contribution >= 4 is 53.5 Å². The van der Waals surface area contributed by atoms with Gasteiger partial charge >= 0.3 is 35.8 Å². The number of rotatable bonds is 38. The summed E-state index contributed by atoms with van der Waals surface area (Å²) in [6.45, 7) is 8.50. The molecule has 4 heterocycles. The molecule has 10 rings (SSSR count). The van der Waals surface area contributed by atoms with Crippen LogP contribution in [0, 0.1) is 0 Å². The maximum absolute atomic E-state index is 15.6. The SMILES string of the molecule is COC(=O)[C@@]1(O[C@@H]2[C@@H](NC(C)=O)[C@H](O[C@H]3[C@H](O[C@@H]4O[C@@H](C)[C@@H](OCc5ccccc5)[C@@H](OCc5ccccc5)[C@@H]4OCc4ccccc4)[C@@H](NC(C)=O)[C@H](Oc4ccc(OC)cc4)O[C@@H]3COCc3ccccc3)O[C@H](COCc3ccccc3)[C@@H]2OC(C)=O)C[C@H](OC(C)=O)[C@@H](NC(C)=O)[C@H]([C@H](OC(C)=O)[C@@H](COC(C)=O)OC(C)=O)O1. The number of hydrogen-bond acceptors (Lipinski definition) is 29. The molecule has 0 aliphatic carbocycles. The lowest BCUT2D eigenvalue weighted by Crippen LogP contribution is -2.74. The normalized spacial score (nSPS) is 27.2. The highest BCUT2D eigenvalue weighted by Crippen LogP contribution is 2.43. The van der Waals surface area contributed by atoms with E-state index in [-0.39, 0.29) is 38.8 Å². The second kappa shape index (κ2) is 43.9. The number of hydrogen-bond donors (Lipinski definition) is 3. The number of carbonyl (C=O) groups excluding carboxylic acids is 9. The van der Waals surface area contributed by atoms with Crippen LogP contribution in [-0.2, 0) is 161 Å². The van der Waals surface area contributed by atoms with Crippen molar-refractivity contribution in [2.24, 2.45) is 0 Å². The molecule has 0 saturated carbocycles. The summed E-state index contributed by atoms with van der Waals surface area (Å²) >= 11 is 0. The van der Waals surface area contributed by atoms with Crippen molar-refractivity contribution in [3.8, 4) is 11.5 Å². The molecule has 636 valence electrons. The fraction of sp³-hybridized carbons (Fsp3) is 0.477. The van der Waals surface area contributed by atoms with Gasteiger partial charge in [0.25, 0.3) is 5.79 Å². The molecule has 4 aliphatic heterocycles. The van der Waals surface area contributed by atoms with Crippen LogP contribution in [0.3, 0.4) is 0 Å². The Bertz CT molecular complexity index is 4220. The predicted molar refractivity (Wildman–Crippen MR) is 413 cm³/mol. The van der Waals surface area contributed by atoms with Gasteiger partial charge in [-0.3, -0.25) is 38.4 Å². The minimum absolute atomic E-state index is 0.0335. The number of nitrogens with one attached hydrogen (secondary N) is 3. The Labute approximate surface area is 683 Å². The van der Waals surface area contributed by atoms with Gasteiger partial charge in [0.15, 0.2) is 30.9 Å². The Hall–Kier alpha value is -10.3. The molecule has 118 heavy (non-hydrogen) atoms. The lowest BCUT2D eigenvalue weighted by molar-refractivity contribution is -0.380. The summed E-state index contributed by atoms with van der Waals surface area (Å²) in [5.74, 6) is -11.1. The lowest BCUT2D eigenvalue weighted by atomic mass is 9.87. The number of benzene rings is 6. The van der Waals surface area contributed by atoms with Crippen LogP contribution in [0.2, 0.25) is 0 Å². The van der Waals surface area contributed by atoms with Crippen LogP contribution in [0.5, 0.6) is 11.5 Å². The third-order valence-corrected chi connectivity index (χ3v) is 19.4. The molecular weight excluding hydrogens is 1540 g/mol.